The molecule has 3 rings (SSSR count). The lowest BCUT2D eigenvalue weighted by atomic mass is 10.2. The molecular weight excluding hydrogens is 330 g/mol. The predicted octanol–water partition coefficient (Wildman–Crippen LogP) is 1.89. The molecule has 0 aliphatic carbocycles. The molecule has 0 unspecified atom stereocenters. The van der Waals surface area contributed by atoms with Crippen molar-refractivity contribution in [3.63, 3.8) is 0 Å². The van der Waals surface area contributed by atoms with E-state index in [0.29, 0.717) is 10.6 Å². The smallest absolute Gasteiger partial charge is 0.353 e. The third-order valence-corrected chi connectivity index (χ3v) is 3.62. The van der Waals surface area contributed by atoms with Crippen LogP contribution in [0.4, 0.5) is 5.95 Å². The molecule has 0 radical (unpaired) electrons. The van der Waals surface area contributed by atoms with Gasteiger partial charge in [0.05, 0.1) is 6.21 Å². The summed E-state index contributed by atoms with van der Waals surface area (Å²) in [5.41, 5.74) is 2.95. The van der Waals surface area contributed by atoms with Crippen molar-refractivity contribution >= 4 is 29.5 Å². The van der Waals surface area contributed by atoms with E-state index >= 15 is 0 Å². The predicted molar refractivity (Wildman–Crippen MR) is 89.6 cm³/mol. The number of nitrogens with zero attached hydrogens (tertiary/aromatic N) is 3. The maximum absolute atomic E-state index is 11.8. The van der Waals surface area contributed by atoms with Gasteiger partial charge in [0, 0.05) is 0 Å². The number of aromatic nitrogens is 3. The summed E-state index contributed by atoms with van der Waals surface area (Å²) in [6.45, 7) is 0. The highest BCUT2D eigenvalue weighted by Gasteiger charge is 2.08. The Morgan fingerprint density at radius 3 is 2.83 bits per heavy atom. The van der Waals surface area contributed by atoms with Gasteiger partial charge in [0.15, 0.2) is 0 Å². The van der Waals surface area contributed by atoms with Gasteiger partial charge in [-0.2, -0.15) is 5.10 Å². The number of carbonyl (C=O) groups excluding carboxylic acids is 1. The average molecular weight is 341 g/mol. The molecule has 1 aromatic carbocycles. The minimum atomic E-state index is -0.389. The van der Waals surface area contributed by atoms with Crippen LogP contribution in [-0.4, -0.2) is 27.4 Å². The largest absolute Gasteiger partial charge is 0.422 e. The van der Waals surface area contributed by atoms with Crippen LogP contribution in [0.5, 0.6) is 5.75 Å². The summed E-state index contributed by atoms with van der Waals surface area (Å²) in [4.78, 5) is 25.8. The minimum absolute atomic E-state index is 0.139. The van der Waals surface area contributed by atoms with E-state index in [9.17, 15) is 9.59 Å². The molecule has 0 fully saturated rings. The van der Waals surface area contributed by atoms with Crippen LogP contribution in [0.15, 0.2) is 57.9 Å². The Morgan fingerprint density at radius 2 is 2.12 bits per heavy atom. The number of hydrogen-bond acceptors (Lipinski definition) is 8. The van der Waals surface area contributed by atoms with Crippen LogP contribution < -0.4 is 15.7 Å². The van der Waals surface area contributed by atoms with Crippen LogP contribution in [0.2, 0.25) is 0 Å². The first kappa shape index (κ1) is 15.6. The van der Waals surface area contributed by atoms with Crippen molar-refractivity contribution in [1.82, 2.24) is 15.2 Å². The van der Waals surface area contributed by atoms with E-state index in [1.165, 1.54) is 17.6 Å². The molecule has 0 bridgehead atoms. The van der Waals surface area contributed by atoms with E-state index in [1.807, 2.05) is 5.38 Å². The molecule has 0 atom stereocenters. The minimum Gasteiger partial charge on any atom is -0.422 e. The van der Waals surface area contributed by atoms with Gasteiger partial charge in [0.1, 0.15) is 16.8 Å². The van der Waals surface area contributed by atoms with Gasteiger partial charge in [0.2, 0.25) is 5.95 Å². The number of thiophene rings is 1. The standard InChI is InChI=1S/C15H11N5O3S/c21-13-9-17-20-15(18-13)19-16-8-10-3-5-11(6-4-10)23-14(22)12-2-1-7-24-12/h1-9H,(H2,18,19,20,21)/b16-8+. The summed E-state index contributed by atoms with van der Waals surface area (Å²) in [6.07, 6.45) is 2.59. The van der Waals surface area contributed by atoms with Gasteiger partial charge in [0.25, 0.3) is 5.56 Å². The molecule has 9 heteroatoms. The van der Waals surface area contributed by atoms with Gasteiger partial charge < -0.3 is 4.74 Å². The molecule has 2 heterocycles. The number of benzene rings is 1. The fraction of sp³-hybridized carbons (Fsp3) is 0. The Hall–Kier alpha value is -3.33. The van der Waals surface area contributed by atoms with E-state index in [-0.39, 0.29) is 17.5 Å². The third kappa shape index (κ3) is 4.11. The highest BCUT2D eigenvalue weighted by molar-refractivity contribution is 7.12. The number of anilines is 1. The lowest BCUT2D eigenvalue weighted by Crippen LogP contribution is -2.10. The van der Waals surface area contributed by atoms with Gasteiger partial charge in [-0.15, -0.1) is 21.5 Å². The van der Waals surface area contributed by atoms with Crippen molar-refractivity contribution < 1.29 is 9.53 Å². The highest BCUT2D eigenvalue weighted by atomic mass is 32.1. The zero-order chi connectivity index (χ0) is 16.8. The Morgan fingerprint density at radius 1 is 1.29 bits per heavy atom. The number of esters is 1. The Bertz CT molecular complexity index is 903. The van der Waals surface area contributed by atoms with Crippen LogP contribution >= 0.6 is 11.3 Å². The summed E-state index contributed by atoms with van der Waals surface area (Å²) in [5, 5.41) is 12.9. The second kappa shape index (κ2) is 7.29. The van der Waals surface area contributed by atoms with Crippen molar-refractivity contribution in [2.24, 2.45) is 5.10 Å². The quantitative estimate of drug-likeness (QED) is 0.317. The first-order chi connectivity index (χ1) is 11.7. The van der Waals surface area contributed by atoms with Crippen molar-refractivity contribution in [2.45, 2.75) is 0 Å². The number of carbonyl (C=O) groups is 1. The topological polar surface area (TPSA) is 109 Å². The summed E-state index contributed by atoms with van der Waals surface area (Å²) in [6, 6.07) is 10.3. The zero-order valence-corrected chi connectivity index (χ0v) is 13.0. The van der Waals surface area contributed by atoms with E-state index < -0.39 is 0 Å². The highest BCUT2D eigenvalue weighted by Crippen LogP contribution is 2.16. The van der Waals surface area contributed by atoms with Crippen LogP contribution in [0.3, 0.4) is 0 Å². The summed E-state index contributed by atoms with van der Waals surface area (Å²) < 4.78 is 5.25. The number of H-pyrrole nitrogens is 1. The molecule has 0 saturated carbocycles. The fourth-order valence-corrected chi connectivity index (χ4v) is 2.30. The van der Waals surface area contributed by atoms with Crippen molar-refractivity contribution in [2.75, 3.05) is 5.43 Å². The SMILES string of the molecule is O=C(Oc1ccc(/C=N/Nc2nncc(=O)[nH]2)cc1)c1cccs1. The normalized spacial score (nSPS) is 10.7. The molecule has 0 aliphatic heterocycles. The molecule has 120 valence electrons. The van der Waals surface area contributed by atoms with Gasteiger partial charge in [-0.05, 0) is 41.3 Å². The second-order valence-electron chi connectivity index (χ2n) is 4.49. The van der Waals surface area contributed by atoms with E-state index in [0.717, 1.165) is 11.8 Å². The summed E-state index contributed by atoms with van der Waals surface area (Å²) >= 11 is 1.32. The number of aromatic amines is 1. The average Bonchev–Trinajstić information content (AvgIpc) is 3.11. The van der Waals surface area contributed by atoms with Gasteiger partial charge in [-0.25, -0.2) is 10.2 Å². The number of rotatable bonds is 5. The van der Waals surface area contributed by atoms with Crippen LogP contribution in [-0.2, 0) is 0 Å². The van der Waals surface area contributed by atoms with Gasteiger partial charge in [-0.3, -0.25) is 9.78 Å². The molecule has 0 spiro atoms. The maximum Gasteiger partial charge on any atom is 0.353 e. The number of nitrogens with one attached hydrogen (secondary N) is 2. The van der Waals surface area contributed by atoms with Gasteiger partial charge in [-0.1, -0.05) is 6.07 Å². The van der Waals surface area contributed by atoms with Crippen LogP contribution in [0.25, 0.3) is 0 Å². The Balaban J connectivity index is 1.59. The Kier molecular flexibility index (Phi) is 4.73. The molecular formula is C15H11N5O3S. The van der Waals surface area contributed by atoms with Crippen molar-refractivity contribution in [3.8, 4) is 5.75 Å². The molecule has 2 aromatic heterocycles. The molecule has 24 heavy (non-hydrogen) atoms. The monoisotopic (exact) mass is 341 g/mol. The summed E-state index contributed by atoms with van der Waals surface area (Å²) in [5.74, 6) is 0.191. The lowest BCUT2D eigenvalue weighted by Gasteiger charge is -2.02. The molecule has 0 amide bonds. The first-order valence-corrected chi connectivity index (χ1v) is 7.65. The third-order valence-electron chi connectivity index (χ3n) is 2.77. The number of hydrogen-bond donors (Lipinski definition) is 2. The maximum atomic E-state index is 11.8. The first-order valence-electron chi connectivity index (χ1n) is 6.77. The van der Waals surface area contributed by atoms with Gasteiger partial charge >= 0.3 is 5.97 Å². The molecule has 2 N–H and O–H groups in total. The number of ether oxygens (including phenoxy) is 1. The van der Waals surface area contributed by atoms with E-state index in [1.54, 1.807) is 36.4 Å². The molecule has 0 saturated heterocycles. The number of hydrazone groups is 1. The summed E-state index contributed by atoms with van der Waals surface area (Å²) in [7, 11) is 0. The molecule has 8 nitrogen and oxygen atoms in total. The molecule has 0 aliphatic rings. The zero-order valence-electron chi connectivity index (χ0n) is 12.2. The molecule has 3 aromatic rings. The fourth-order valence-electron chi connectivity index (χ4n) is 1.71. The van der Waals surface area contributed by atoms with Crippen molar-refractivity contribution in [3.05, 3.63) is 68.8 Å². The lowest BCUT2D eigenvalue weighted by molar-refractivity contribution is 0.0740. The second-order valence-corrected chi connectivity index (χ2v) is 5.44. The van der Waals surface area contributed by atoms with E-state index in [2.05, 4.69) is 25.7 Å². The van der Waals surface area contributed by atoms with Crippen molar-refractivity contribution in [1.29, 1.82) is 0 Å². The van der Waals surface area contributed by atoms with Crippen LogP contribution in [0, 0.1) is 0 Å². The Labute approximate surface area is 139 Å². The van der Waals surface area contributed by atoms with Crippen LogP contribution in [0.1, 0.15) is 15.2 Å². The van der Waals surface area contributed by atoms with E-state index in [4.69, 9.17) is 4.74 Å².